The zero-order chi connectivity index (χ0) is 14.4. The van der Waals surface area contributed by atoms with E-state index in [4.69, 9.17) is 23.2 Å². The van der Waals surface area contributed by atoms with Crippen molar-refractivity contribution in [1.29, 1.82) is 0 Å². The van der Waals surface area contributed by atoms with E-state index >= 15 is 0 Å². The second-order valence-corrected chi connectivity index (χ2v) is 6.57. The minimum absolute atomic E-state index is 0.243. The van der Waals surface area contributed by atoms with Crippen LogP contribution in [0.2, 0.25) is 10.0 Å². The van der Waals surface area contributed by atoms with Crippen LogP contribution < -0.4 is 5.32 Å². The average molecular weight is 316 g/mol. The maximum atomic E-state index is 6.42. The minimum atomic E-state index is 0.243. The Morgan fingerprint density at radius 2 is 1.86 bits per heavy atom. The van der Waals surface area contributed by atoms with Crippen molar-refractivity contribution in [2.45, 2.75) is 18.4 Å². The molecule has 0 amide bonds. The maximum absolute atomic E-state index is 6.42. The molecule has 0 bridgehead atoms. The molecule has 0 saturated carbocycles. The van der Waals surface area contributed by atoms with Gasteiger partial charge in [-0.1, -0.05) is 53.6 Å². The Balaban J connectivity index is 1.82. The number of halogens is 2. The van der Waals surface area contributed by atoms with Gasteiger partial charge in [-0.15, -0.1) is 0 Å². The van der Waals surface area contributed by atoms with Crippen LogP contribution in [0.3, 0.4) is 0 Å². The van der Waals surface area contributed by atoms with E-state index in [1.54, 1.807) is 0 Å². The first-order valence-corrected chi connectivity index (χ1v) is 7.97. The van der Waals surface area contributed by atoms with E-state index in [0.29, 0.717) is 11.8 Å². The Morgan fingerprint density at radius 1 is 1.00 bits per heavy atom. The van der Waals surface area contributed by atoms with Crippen LogP contribution in [-0.2, 0) is 0 Å². The normalized spacial score (nSPS) is 26.1. The summed E-state index contributed by atoms with van der Waals surface area (Å²) in [4.78, 5) is 0. The first-order valence-electron chi connectivity index (χ1n) is 7.21. The van der Waals surface area contributed by atoms with Gasteiger partial charge in [-0.05, 0) is 47.7 Å². The van der Waals surface area contributed by atoms with E-state index in [0.717, 1.165) is 22.2 Å². The smallest absolute Gasteiger partial charge is 0.0568 e. The Kier molecular flexibility index (Phi) is 3.20. The second-order valence-electron chi connectivity index (χ2n) is 5.73. The third kappa shape index (κ3) is 2.16. The summed E-state index contributed by atoms with van der Waals surface area (Å²) in [5, 5.41) is 5.30. The lowest BCUT2D eigenvalue weighted by Crippen LogP contribution is -2.29. The molecular formula is C18H15Cl2N. The van der Waals surface area contributed by atoms with Gasteiger partial charge in [-0.2, -0.15) is 0 Å². The van der Waals surface area contributed by atoms with Crippen LogP contribution in [-0.4, -0.2) is 0 Å². The van der Waals surface area contributed by atoms with Crippen LogP contribution in [0.15, 0.2) is 54.6 Å². The molecule has 2 aromatic rings. The molecule has 0 unspecified atom stereocenters. The molecule has 3 atom stereocenters. The summed E-state index contributed by atoms with van der Waals surface area (Å²) in [5.74, 6) is 0.914. The lowest BCUT2D eigenvalue weighted by Gasteiger charge is -2.38. The van der Waals surface area contributed by atoms with Crippen LogP contribution >= 0.6 is 23.2 Å². The minimum Gasteiger partial charge on any atom is -0.378 e. The molecule has 0 aromatic heterocycles. The predicted octanol–water partition coefficient (Wildman–Crippen LogP) is 5.82. The number of fused-ring (bicyclic) bond motifs is 3. The van der Waals surface area contributed by atoms with E-state index in [2.05, 4.69) is 41.7 Å². The molecule has 0 saturated heterocycles. The first-order chi connectivity index (χ1) is 10.2. The van der Waals surface area contributed by atoms with Crippen molar-refractivity contribution in [3.05, 3.63) is 75.8 Å². The molecule has 21 heavy (non-hydrogen) atoms. The molecule has 1 heterocycles. The van der Waals surface area contributed by atoms with Gasteiger partial charge in [-0.3, -0.25) is 0 Å². The Morgan fingerprint density at radius 3 is 2.71 bits per heavy atom. The highest BCUT2D eigenvalue weighted by Crippen LogP contribution is 2.51. The first kappa shape index (κ1) is 13.2. The zero-order valence-corrected chi connectivity index (χ0v) is 12.9. The molecule has 2 aromatic carbocycles. The highest BCUT2D eigenvalue weighted by atomic mass is 35.5. The third-order valence-electron chi connectivity index (χ3n) is 4.57. The van der Waals surface area contributed by atoms with E-state index in [1.807, 2.05) is 18.2 Å². The Bertz CT molecular complexity index is 723. The van der Waals surface area contributed by atoms with Gasteiger partial charge in [0.05, 0.1) is 6.04 Å². The quantitative estimate of drug-likeness (QED) is 0.654. The SMILES string of the molecule is Clc1ccc2c(c1)[C@H]1C=CC[C@H]1[C@@H](c1ccccc1Cl)N2. The van der Waals surface area contributed by atoms with Gasteiger partial charge in [0.15, 0.2) is 0 Å². The average Bonchev–Trinajstić information content (AvgIpc) is 2.97. The molecule has 0 spiro atoms. The van der Waals surface area contributed by atoms with Crippen LogP contribution in [0.4, 0.5) is 5.69 Å². The fraction of sp³-hybridized carbons (Fsp3) is 0.222. The standard InChI is InChI=1S/C18H15Cl2N/c19-11-8-9-17-15(10-11)12-5-3-6-13(12)18(21-17)14-4-1-2-7-16(14)20/h1-5,7-10,12-13,18,21H,6H2/t12-,13+,18-/m0/s1. The largest absolute Gasteiger partial charge is 0.378 e. The summed E-state index contributed by atoms with van der Waals surface area (Å²) in [6.45, 7) is 0. The van der Waals surface area contributed by atoms with Crippen LogP contribution in [0.1, 0.15) is 29.5 Å². The van der Waals surface area contributed by atoms with Crippen molar-refractivity contribution in [2.75, 3.05) is 5.32 Å². The van der Waals surface area contributed by atoms with Crippen LogP contribution in [0.5, 0.6) is 0 Å². The number of rotatable bonds is 1. The topological polar surface area (TPSA) is 12.0 Å². The maximum Gasteiger partial charge on any atom is 0.0568 e. The Labute approximate surface area is 134 Å². The molecular weight excluding hydrogens is 301 g/mol. The van der Waals surface area contributed by atoms with Gasteiger partial charge >= 0.3 is 0 Å². The molecule has 1 aliphatic heterocycles. The third-order valence-corrected chi connectivity index (χ3v) is 5.14. The summed E-state index contributed by atoms with van der Waals surface area (Å²) in [7, 11) is 0. The van der Waals surface area contributed by atoms with Gasteiger partial charge in [0.1, 0.15) is 0 Å². The van der Waals surface area contributed by atoms with Gasteiger partial charge in [0.2, 0.25) is 0 Å². The van der Waals surface area contributed by atoms with Gasteiger partial charge < -0.3 is 5.32 Å². The zero-order valence-electron chi connectivity index (χ0n) is 11.4. The van der Waals surface area contributed by atoms with Crippen molar-refractivity contribution in [3.8, 4) is 0 Å². The molecule has 3 heteroatoms. The van der Waals surface area contributed by atoms with Crippen molar-refractivity contribution < 1.29 is 0 Å². The summed E-state index contributed by atoms with van der Waals surface area (Å²) in [5.41, 5.74) is 3.64. The number of benzene rings is 2. The molecule has 1 N–H and O–H groups in total. The molecule has 2 aliphatic rings. The van der Waals surface area contributed by atoms with Gasteiger partial charge in [0, 0.05) is 21.7 Å². The fourth-order valence-electron chi connectivity index (χ4n) is 3.60. The van der Waals surface area contributed by atoms with Crippen molar-refractivity contribution in [3.63, 3.8) is 0 Å². The molecule has 4 rings (SSSR count). The Hall–Kier alpha value is -1.44. The molecule has 1 nitrogen and oxygen atoms in total. The lowest BCUT2D eigenvalue weighted by atomic mass is 9.77. The van der Waals surface area contributed by atoms with Crippen molar-refractivity contribution in [2.24, 2.45) is 5.92 Å². The fourth-order valence-corrected chi connectivity index (χ4v) is 4.03. The van der Waals surface area contributed by atoms with E-state index in [-0.39, 0.29) is 6.04 Å². The highest BCUT2D eigenvalue weighted by molar-refractivity contribution is 6.31. The van der Waals surface area contributed by atoms with E-state index < -0.39 is 0 Å². The summed E-state index contributed by atoms with van der Waals surface area (Å²) >= 11 is 12.6. The predicted molar refractivity (Wildman–Crippen MR) is 89.3 cm³/mol. The van der Waals surface area contributed by atoms with Crippen LogP contribution in [0.25, 0.3) is 0 Å². The number of anilines is 1. The number of hydrogen-bond donors (Lipinski definition) is 1. The van der Waals surface area contributed by atoms with Crippen LogP contribution in [0, 0.1) is 5.92 Å². The van der Waals surface area contributed by atoms with E-state index in [1.165, 1.54) is 11.1 Å². The van der Waals surface area contributed by atoms with E-state index in [9.17, 15) is 0 Å². The summed E-state index contributed by atoms with van der Waals surface area (Å²) in [6.07, 6.45) is 5.65. The number of allylic oxidation sites excluding steroid dienone is 2. The molecule has 0 fully saturated rings. The highest BCUT2D eigenvalue weighted by Gasteiger charge is 2.38. The molecule has 1 aliphatic carbocycles. The van der Waals surface area contributed by atoms with Crippen molar-refractivity contribution in [1.82, 2.24) is 0 Å². The number of hydrogen-bond acceptors (Lipinski definition) is 1. The molecule has 106 valence electrons. The van der Waals surface area contributed by atoms with Gasteiger partial charge in [0.25, 0.3) is 0 Å². The molecule has 0 radical (unpaired) electrons. The monoisotopic (exact) mass is 315 g/mol. The number of nitrogens with one attached hydrogen (secondary N) is 1. The second kappa shape index (κ2) is 5.08. The summed E-state index contributed by atoms with van der Waals surface area (Å²) in [6, 6.07) is 14.5. The van der Waals surface area contributed by atoms with Crippen molar-refractivity contribution >= 4 is 28.9 Å². The van der Waals surface area contributed by atoms with Gasteiger partial charge in [-0.25, -0.2) is 0 Å². The summed E-state index contributed by atoms with van der Waals surface area (Å²) < 4.78 is 0. The lowest BCUT2D eigenvalue weighted by molar-refractivity contribution is 0.426.